The SMILES string of the molecule is CCNC(=O)CNc1ccc(S(C)(=O)=O)cc1. The third-order valence-corrected chi connectivity index (χ3v) is 3.24. The number of carbonyl (C=O) groups excluding carboxylic acids is 1. The van der Waals surface area contributed by atoms with Gasteiger partial charge in [0.25, 0.3) is 0 Å². The van der Waals surface area contributed by atoms with Gasteiger partial charge in [0, 0.05) is 18.5 Å². The molecule has 0 aliphatic heterocycles. The first-order chi connectivity index (χ1) is 7.93. The molecule has 5 nitrogen and oxygen atoms in total. The molecule has 0 radical (unpaired) electrons. The molecule has 0 saturated heterocycles. The van der Waals surface area contributed by atoms with Crippen molar-refractivity contribution < 1.29 is 13.2 Å². The summed E-state index contributed by atoms with van der Waals surface area (Å²) in [4.78, 5) is 11.4. The van der Waals surface area contributed by atoms with Crippen molar-refractivity contribution in [3.63, 3.8) is 0 Å². The highest BCUT2D eigenvalue weighted by Gasteiger charge is 2.06. The summed E-state index contributed by atoms with van der Waals surface area (Å²) >= 11 is 0. The maximum atomic E-state index is 11.2. The van der Waals surface area contributed by atoms with E-state index in [1.807, 2.05) is 6.92 Å². The number of amides is 1. The summed E-state index contributed by atoms with van der Waals surface area (Å²) in [5, 5.41) is 5.56. The van der Waals surface area contributed by atoms with Crippen molar-refractivity contribution in [2.24, 2.45) is 0 Å². The number of carbonyl (C=O) groups is 1. The fourth-order valence-corrected chi connectivity index (χ4v) is 1.89. The zero-order valence-electron chi connectivity index (χ0n) is 9.86. The minimum absolute atomic E-state index is 0.0975. The average molecular weight is 256 g/mol. The minimum atomic E-state index is -3.17. The molecule has 0 aliphatic carbocycles. The molecular weight excluding hydrogens is 240 g/mol. The van der Waals surface area contributed by atoms with Crippen molar-refractivity contribution >= 4 is 21.4 Å². The number of rotatable bonds is 5. The summed E-state index contributed by atoms with van der Waals surface area (Å²) in [5.74, 6) is -0.0975. The molecule has 1 amide bonds. The Hall–Kier alpha value is -1.56. The third-order valence-electron chi connectivity index (χ3n) is 2.11. The van der Waals surface area contributed by atoms with Crippen molar-refractivity contribution in [2.75, 3.05) is 24.7 Å². The third kappa shape index (κ3) is 4.44. The van der Waals surface area contributed by atoms with Gasteiger partial charge in [0.1, 0.15) is 0 Å². The molecule has 1 aromatic carbocycles. The largest absolute Gasteiger partial charge is 0.376 e. The van der Waals surface area contributed by atoms with E-state index in [9.17, 15) is 13.2 Å². The predicted molar refractivity (Wildman–Crippen MR) is 66.7 cm³/mol. The number of hydrogen-bond acceptors (Lipinski definition) is 4. The lowest BCUT2D eigenvalue weighted by Gasteiger charge is -2.06. The van der Waals surface area contributed by atoms with E-state index in [1.54, 1.807) is 12.1 Å². The summed E-state index contributed by atoms with van der Waals surface area (Å²) in [7, 11) is -3.17. The van der Waals surface area contributed by atoms with Crippen LogP contribution in [0.15, 0.2) is 29.2 Å². The van der Waals surface area contributed by atoms with E-state index in [0.717, 1.165) is 6.26 Å². The second-order valence-electron chi connectivity index (χ2n) is 3.60. The quantitative estimate of drug-likeness (QED) is 0.810. The van der Waals surface area contributed by atoms with E-state index >= 15 is 0 Å². The van der Waals surface area contributed by atoms with Crippen LogP contribution in [0, 0.1) is 0 Å². The molecule has 6 heteroatoms. The van der Waals surface area contributed by atoms with Crippen LogP contribution in [-0.2, 0) is 14.6 Å². The summed E-state index contributed by atoms with van der Waals surface area (Å²) in [6, 6.07) is 6.29. The number of hydrogen-bond donors (Lipinski definition) is 2. The second-order valence-corrected chi connectivity index (χ2v) is 5.62. The summed E-state index contributed by atoms with van der Waals surface area (Å²) in [6.45, 7) is 2.61. The lowest BCUT2D eigenvalue weighted by molar-refractivity contribution is -0.119. The van der Waals surface area contributed by atoms with Crippen LogP contribution >= 0.6 is 0 Å². The summed E-state index contributed by atoms with van der Waals surface area (Å²) in [5.41, 5.74) is 0.712. The van der Waals surface area contributed by atoms with E-state index in [1.165, 1.54) is 12.1 Å². The van der Waals surface area contributed by atoms with E-state index in [4.69, 9.17) is 0 Å². The Labute approximate surface area is 101 Å². The van der Waals surface area contributed by atoms with Gasteiger partial charge in [-0.25, -0.2) is 8.42 Å². The van der Waals surface area contributed by atoms with Crippen LogP contribution in [-0.4, -0.2) is 33.7 Å². The Morgan fingerprint density at radius 3 is 2.29 bits per heavy atom. The van der Waals surface area contributed by atoms with Gasteiger partial charge in [0.15, 0.2) is 9.84 Å². The molecule has 0 unspecified atom stereocenters. The van der Waals surface area contributed by atoms with E-state index in [2.05, 4.69) is 10.6 Å². The van der Waals surface area contributed by atoms with Crippen LogP contribution in [0.4, 0.5) is 5.69 Å². The highest BCUT2D eigenvalue weighted by atomic mass is 32.2. The fourth-order valence-electron chi connectivity index (χ4n) is 1.26. The minimum Gasteiger partial charge on any atom is -0.376 e. The molecule has 17 heavy (non-hydrogen) atoms. The topological polar surface area (TPSA) is 75.3 Å². The van der Waals surface area contributed by atoms with E-state index in [0.29, 0.717) is 12.2 Å². The van der Waals surface area contributed by atoms with Gasteiger partial charge in [-0.05, 0) is 31.2 Å². The van der Waals surface area contributed by atoms with Gasteiger partial charge < -0.3 is 10.6 Å². The molecule has 0 fully saturated rings. The molecule has 94 valence electrons. The molecule has 0 aliphatic rings. The number of sulfone groups is 1. The molecule has 0 aromatic heterocycles. The van der Waals surface area contributed by atoms with Crippen molar-refractivity contribution in [1.29, 1.82) is 0 Å². The van der Waals surface area contributed by atoms with Crippen LogP contribution in [0.1, 0.15) is 6.92 Å². The molecule has 2 N–H and O–H groups in total. The van der Waals surface area contributed by atoms with Crippen LogP contribution in [0.3, 0.4) is 0 Å². The monoisotopic (exact) mass is 256 g/mol. The second kappa shape index (κ2) is 5.67. The van der Waals surface area contributed by atoms with Gasteiger partial charge in [0.05, 0.1) is 11.4 Å². The van der Waals surface area contributed by atoms with Crippen molar-refractivity contribution in [3.05, 3.63) is 24.3 Å². The Kier molecular flexibility index (Phi) is 4.51. The molecule has 0 bridgehead atoms. The van der Waals surface area contributed by atoms with E-state index in [-0.39, 0.29) is 17.3 Å². The van der Waals surface area contributed by atoms with Crippen molar-refractivity contribution in [3.8, 4) is 0 Å². The Morgan fingerprint density at radius 1 is 1.24 bits per heavy atom. The van der Waals surface area contributed by atoms with Crippen molar-refractivity contribution in [2.45, 2.75) is 11.8 Å². The highest BCUT2D eigenvalue weighted by molar-refractivity contribution is 7.90. The summed E-state index contributed by atoms with van der Waals surface area (Å²) < 4.78 is 22.4. The van der Waals surface area contributed by atoms with Gasteiger partial charge >= 0.3 is 0 Å². The fraction of sp³-hybridized carbons (Fsp3) is 0.364. The van der Waals surface area contributed by atoms with Crippen LogP contribution in [0.25, 0.3) is 0 Å². The number of nitrogens with one attached hydrogen (secondary N) is 2. The Morgan fingerprint density at radius 2 is 1.82 bits per heavy atom. The number of likely N-dealkylation sites (N-methyl/N-ethyl adjacent to an activating group) is 1. The predicted octanol–water partition coefficient (Wildman–Crippen LogP) is 0.638. The molecule has 0 heterocycles. The lowest BCUT2D eigenvalue weighted by atomic mass is 10.3. The Bertz CT molecular complexity index is 480. The zero-order valence-corrected chi connectivity index (χ0v) is 10.7. The first kappa shape index (κ1) is 13.5. The first-order valence-corrected chi connectivity index (χ1v) is 7.13. The standard InChI is InChI=1S/C11H16N2O3S/c1-3-12-11(14)8-13-9-4-6-10(7-5-9)17(2,15)16/h4-7,13H,3,8H2,1-2H3,(H,12,14). The van der Waals surface area contributed by atoms with Gasteiger partial charge in [-0.2, -0.15) is 0 Å². The molecular formula is C11H16N2O3S. The van der Waals surface area contributed by atoms with Gasteiger partial charge in [-0.1, -0.05) is 0 Å². The zero-order chi connectivity index (χ0) is 12.9. The van der Waals surface area contributed by atoms with Gasteiger partial charge in [-0.3, -0.25) is 4.79 Å². The van der Waals surface area contributed by atoms with Crippen LogP contribution in [0.2, 0.25) is 0 Å². The maximum absolute atomic E-state index is 11.2. The van der Waals surface area contributed by atoms with Crippen LogP contribution < -0.4 is 10.6 Å². The Balaban J connectivity index is 2.60. The normalized spacial score (nSPS) is 10.9. The first-order valence-electron chi connectivity index (χ1n) is 5.24. The smallest absolute Gasteiger partial charge is 0.239 e. The van der Waals surface area contributed by atoms with Gasteiger partial charge in [0.2, 0.25) is 5.91 Å². The highest BCUT2D eigenvalue weighted by Crippen LogP contribution is 2.13. The molecule has 1 aromatic rings. The molecule has 0 saturated carbocycles. The van der Waals surface area contributed by atoms with Gasteiger partial charge in [-0.15, -0.1) is 0 Å². The molecule has 0 spiro atoms. The number of benzene rings is 1. The van der Waals surface area contributed by atoms with Crippen LogP contribution in [0.5, 0.6) is 0 Å². The lowest BCUT2D eigenvalue weighted by Crippen LogP contribution is -2.29. The molecule has 1 rings (SSSR count). The van der Waals surface area contributed by atoms with Crippen molar-refractivity contribution in [1.82, 2.24) is 5.32 Å². The molecule has 0 atom stereocenters. The average Bonchev–Trinajstić information content (AvgIpc) is 2.26. The summed E-state index contributed by atoms with van der Waals surface area (Å²) in [6.07, 6.45) is 1.16. The van der Waals surface area contributed by atoms with E-state index < -0.39 is 9.84 Å². The number of anilines is 1. The maximum Gasteiger partial charge on any atom is 0.239 e.